The Bertz CT molecular complexity index is 1130. The number of nitrogens with one attached hydrogen (secondary N) is 1. The molecule has 0 aliphatic carbocycles. The van der Waals surface area contributed by atoms with Gasteiger partial charge in [-0.1, -0.05) is 41.9 Å². The van der Waals surface area contributed by atoms with Gasteiger partial charge in [-0.05, 0) is 24.3 Å². The fourth-order valence-corrected chi connectivity index (χ4v) is 3.02. The summed E-state index contributed by atoms with van der Waals surface area (Å²) in [4.78, 5) is 17.1. The van der Waals surface area contributed by atoms with Crippen LogP contribution in [0, 0.1) is 0 Å². The molecule has 0 saturated carbocycles. The van der Waals surface area contributed by atoms with E-state index < -0.39 is 0 Å². The van der Waals surface area contributed by atoms with Crippen LogP contribution < -0.4 is 10.1 Å². The smallest absolute Gasteiger partial charge is 0.261 e. The van der Waals surface area contributed by atoms with E-state index in [0.29, 0.717) is 27.7 Å². The molecule has 0 aliphatic rings. The molecule has 7 heteroatoms. The van der Waals surface area contributed by atoms with Gasteiger partial charge in [-0.25, -0.2) is 9.50 Å². The van der Waals surface area contributed by atoms with Gasteiger partial charge in [0.15, 0.2) is 5.65 Å². The van der Waals surface area contributed by atoms with Gasteiger partial charge in [-0.3, -0.25) is 4.79 Å². The van der Waals surface area contributed by atoms with Gasteiger partial charge in [-0.2, -0.15) is 5.10 Å². The zero-order valence-electron chi connectivity index (χ0n) is 14.4. The van der Waals surface area contributed by atoms with E-state index in [1.54, 1.807) is 28.9 Å². The Kier molecular flexibility index (Phi) is 4.48. The van der Waals surface area contributed by atoms with Crippen LogP contribution in [0.25, 0.3) is 16.9 Å². The third kappa shape index (κ3) is 3.22. The summed E-state index contributed by atoms with van der Waals surface area (Å²) in [6.07, 6.45) is 3.16. The topological polar surface area (TPSA) is 68.5 Å². The number of amides is 1. The number of carbonyl (C=O) groups is 1. The van der Waals surface area contributed by atoms with Crippen LogP contribution >= 0.6 is 11.6 Å². The summed E-state index contributed by atoms with van der Waals surface area (Å²) in [5, 5.41) is 7.66. The van der Waals surface area contributed by atoms with Gasteiger partial charge in [0, 0.05) is 16.8 Å². The predicted octanol–water partition coefficient (Wildman–Crippen LogP) is 4.31. The van der Waals surface area contributed by atoms with Crippen molar-refractivity contribution in [1.29, 1.82) is 0 Å². The third-order valence-corrected chi connectivity index (χ3v) is 4.36. The fraction of sp³-hybridized carbons (Fsp3) is 0.0500. The maximum Gasteiger partial charge on any atom is 0.261 e. The standard InChI is InChI=1S/C20H15ClN4O2/c1-27-18-8-7-14(21)11-16(18)24-20(26)15-12-23-25-17(9-10-22-19(15)25)13-5-3-2-4-6-13/h2-12H,1H3,(H,24,26). The van der Waals surface area contributed by atoms with E-state index in [2.05, 4.69) is 15.4 Å². The molecule has 2 aromatic carbocycles. The summed E-state index contributed by atoms with van der Waals surface area (Å²) >= 11 is 6.03. The van der Waals surface area contributed by atoms with Crippen LogP contribution in [0.4, 0.5) is 5.69 Å². The molecule has 1 N–H and O–H groups in total. The number of aromatic nitrogens is 3. The molecular formula is C20H15ClN4O2. The summed E-state index contributed by atoms with van der Waals surface area (Å²) in [7, 11) is 1.53. The fourth-order valence-electron chi connectivity index (χ4n) is 2.85. The number of nitrogens with zero attached hydrogens (tertiary/aromatic N) is 3. The highest BCUT2D eigenvalue weighted by atomic mass is 35.5. The molecule has 1 amide bonds. The van der Waals surface area contributed by atoms with E-state index in [4.69, 9.17) is 16.3 Å². The maximum atomic E-state index is 12.8. The van der Waals surface area contributed by atoms with Crippen molar-refractivity contribution in [3.8, 4) is 17.0 Å². The SMILES string of the molecule is COc1ccc(Cl)cc1NC(=O)c1cnn2c(-c3ccccc3)ccnc12. The summed E-state index contributed by atoms with van der Waals surface area (Å²) in [6, 6.07) is 16.7. The van der Waals surface area contributed by atoms with E-state index in [-0.39, 0.29) is 5.91 Å². The number of methoxy groups -OCH3 is 1. The second kappa shape index (κ2) is 7.09. The summed E-state index contributed by atoms with van der Waals surface area (Å²) in [6.45, 7) is 0. The zero-order valence-corrected chi connectivity index (χ0v) is 15.1. The van der Waals surface area contributed by atoms with Crippen LogP contribution in [0.1, 0.15) is 10.4 Å². The second-order valence-corrected chi connectivity index (χ2v) is 6.22. The summed E-state index contributed by atoms with van der Waals surface area (Å²) in [5.41, 5.74) is 3.13. The second-order valence-electron chi connectivity index (χ2n) is 5.79. The van der Waals surface area contributed by atoms with Gasteiger partial charge in [0.25, 0.3) is 5.91 Å². The maximum absolute atomic E-state index is 12.8. The summed E-state index contributed by atoms with van der Waals surface area (Å²) < 4.78 is 6.93. The average Bonchev–Trinajstić information content (AvgIpc) is 3.13. The summed E-state index contributed by atoms with van der Waals surface area (Å²) in [5.74, 6) is 0.172. The molecule has 0 bridgehead atoms. The third-order valence-electron chi connectivity index (χ3n) is 4.13. The Balaban J connectivity index is 1.73. The molecular weight excluding hydrogens is 364 g/mol. The molecule has 0 unspecified atom stereocenters. The number of anilines is 1. The molecule has 2 heterocycles. The largest absolute Gasteiger partial charge is 0.495 e. The first-order chi connectivity index (χ1) is 13.2. The average molecular weight is 379 g/mol. The van der Waals surface area contributed by atoms with Crippen LogP contribution in [0.2, 0.25) is 5.02 Å². The quantitative estimate of drug-likeness (QED) is 0.574. The molecule has 4 aromatic rings. The van der Waals surface area contributed by atoms with Gasteiger partial charge < -0.3 is 10.1 Å². The number of hydrogen-bond donors (Lipinski definition) is 1. The van der Waals surface area contributed by atoms with E-state index >= 15 is 0 Å². The Morgan fingerprint density at radius 1 is 1.15 bits per heavy atom. The lowest BCUT2D eigenvalue weighted by molar-refractivity contribution is 0.102. The van der Waals surface area contributed by atoms with Crippen molar-refractivity contribution in [2.24, 2.45) is 0 Å². The van der Waals surface area contributed by atoms with Crippen molar-refractivity contribution in [1.82, 2.24) is 14.6 Å². The van der Waals surface area contributed by atoms with Crippen molar-refractivity contribution >= 4 is 28.8 Å². The first-order valence-corrected chi connectivity index (χ1v) is 8.58. The number of benzene rings is 2. The van der Waals surface area contributed by atoms with Gasteiger partial charge in [0.05, 0.1) is 24.7 Å². The molecule has 0 aliphatic heterocycles. The first kappa shape index (κ1) is 17.1. The molecule has 0 saturated heterocycles. The highest BCUT2D eigenvalue weighted by Crippen LogP contribution is 2.28. The van der Waals surface area contributed by atoms with Crippen LogP contribution in [0.5, 0.6) is 5.75 Å². The van der Waals surface area contributed by atoms with E-state index in [1.165, 1.54) is 13.3 Å². The lowest BCUT2D eigenvalue weighted by atomic mass is 10.1. The molecule has 4 rings (SSSR count). The van der Waals surface area contributed by atoms with E-state index in [1.807, 2.05) is 36.4 Å². The minimum atomic E-state index is -0.344. The van der Waals surface area contributed by atoms with Crippen molar-refractivity contribution in [3.63, 3.8) is 0 Å². The van der Waals surface area contributed by atoms with Crippen molar-refractivity contribution < 1.29 is 9.53 Å². The highest BCUT2D eigenvalue weighted by Gasteiger charge is 2.17. The lowest BCUT2D eigenvalue weighted by Gasteiger charge is -2.10. The van der Waals surface area contributed by atoms with Gasteiger partial charge in [-0.15, -0.1) is 0 Å². The number of carbonyl (C=O) groups excluding carboxylic acids is 1. The van der Waals surface area contributed by atoms with Crippen LogP contribution in [0.15, 0.2) is 67.0 Å². The van der Waals surface area contributed by atoms with Crippen LogP contribution in [-0.2, 0) is 0 Å². The molecule has 0 radical (unpaired) electrons. The number of halogens is 1. The van der Waals surface area contributed by atoms with Gasteiger partial charge in [0.1, 0.15) is 11.3 Å². The van der Waals surface area contributed by atoms with Crippen LogP contribution in [-0.4, -0.2) is 27.6 Å². The Hall–Kier alpha value is -3.38. The molecule has 0 spiro atoms. The number of ether oxygens (including phenoxy) is 1. The lowest BCUT2D eigenvalue weighted by Crippen LogP contribution is -2.13. The van der Waals surface area contributed by atoms with Gasteiger partial charge in [0.2, 0.25) is 0 Å². The number of fused-ring (bicyclic) bond motifs is 1. The normalized spacial score (nSPS) is 10.7. The molecule has 0 fully saturated rings. The van der Waals surface area contributed by atoms with Crippen molar-refractivity contribution in [3.05, 3.63) is 77.6 Å². The zero-order chi connectivity index (χ0) is 18.8. The van der Waals surface area contributed by atoms with Crippen LogP contribution in [0.3, 0.4) is 0 Å². The molecule has 27 heavy (non-hydrogen) atoms. The highest BCUT2D eigenvalue weighted by molar-refractivity contribution is 6.31. The van der Waals surface area contributed by atoms with E-state index in [0.717, 1.165) is 11.3 Å². The minimum Gasteiger partial charge on any atom is -0.495 e. The monoisotopic (exact) mass is 378 g/mol. The van der Waals surface area contributed by atoms with Crippen molar-refractivity contribution in [2.75, 3.05) is 12.4 Å². The molecule has 2 aromatic heterocycles. The van der Waals surface area contributed by atoms with Crippen molar-refractivity contribution in [2.45, 2.75) is 0 Å². The first-order valence-electron chi connectivity index (χ1n) is 8.20. The minimum absolute atomic E-state index is 0.344. The Labute approximate surface area is 160 Å². The molecule has 6 nitrogen and oxygen atoms in total. The Morgan fingerprint density at radius 2 is 1.96 bits per heavy atom. The molecule has 0 atom stereocenters. The van der Waals surface area contributed by atoms with E-state index in [9.17, 15) is 4.79 Å². The number of rotatable bonds is 4. The molecule has 134 valence electrons. The predicted molar refractivity (Wildman–Crippen MR) is 104 cm³/mol. The van der Waals surface area contributed by atoms with Gasteiger partial charge >= 0.3 is 0 Å². The Morgan fingerprint density at radius 3 is 2.74 bits per heavy atom. The number of hydrogen-bond acceptors (Lipinski definition) is 4.